The molecule has 0 aromatic heterocycles. The van der Waals surface area contributed by atoms with Crippen LogP contribution in [0.2, 0.25) is 0 Å². The predicted octanol–water partition coefficient (Wildman–Crippen LogP) is 2.20. The Bertz CT molecular complexity index is 782. The summed E-state index contributed by atoms with van der Waals surface area (Å²) in [5, 5.41) is 11.8. The first-order chi connectivity index (χ1) is 13.2. The van der Waals surface area contributed by atoms with E-state index in [9.17, 15) is 19.6 Å². The molecule has 7 nitrogen and oxygen atoms in total. The van der Waals surface area contributed by atoms with Gasteiger partial charge in [-0.15, -0.1) is 0 Å². The lowest BCUT2D eigenvalue weighted by molar-refractivity contribution is -0.152. The summed E-state index contributed by atoms with van der Waals surface area (Å²) in [5.74, 6) is -1.98. The summed E-state index contributed by atoms with van der Waals surface area (Å²) in [5.41, 5.74) is 0.883. The molecule has 28 heavy (non-hydrogen) atoms. The van der Waals surface area contributed by atoms with Crippen molar-refractivity contribution in [2.75, 3.05) is 18.1 Å². The Morgan fingerprint density at radius 2 is 2.00 bits per heavy atom. The van der Waals surface area contributed by atoms with Gasteiger partial charge in [-0.3, -0.25) is 14.4 Å². The highest BCUT2D eigenvalue weighted by Crippen LogP contribution is 2.26. The molecule has 0 radical (unpaired) electrons. The van der Waals surface area contributed by atoms with Gasteiger partial charge in [-0.05, 0) is 37.0 Å². The van der Waals surface area contributed by atoms with Crippen LogP contribution in [0.1, 0.15) is 39.7 Å². The molecule has 1 fully saturated rings. The molecule has 1 N–H and O–H groups in total. The number of carbonyl (C=O) groups is 3. The Labute approximate surface area is 165 Å². The molecule has 0 bridgehead atoms. The van der Waals surface area contributed by atoms with E-state index in [1.54, 1.807) is 11.8 Å². The van der Waals surface area contributed by atoms with Crippen molar-refractivity contribution in [3.63, 3.8) is 0 Å². The van der Waals surface area contributed by atoms with E-state index >= 15 is 0 Å². The summed E-state index contributed by atoms with van der Waals surface area (Å²) >= 11 is 0. The van der Waals surface area contributed by atoms with Gasteiger partial charge in [0.25, 0.3) is 5.91 Å². The van der Waals surface area contributed by atoms with Gasteiger partial charge >= 0.3 is 5.97 Å². The van der Waals surface area contributed by atoms with E-state index in [1.807, 2.05) is 38.1 Å². The maximum Gasteiger partial charge on any atom is 0.311 e. The van der Waals surface area contributed by atoms with E-state index in [4.69, 9.17) is 4.74 Å². The Morgan fingerprint density at radius 1 is 1.36 bits per heavy atom. The molecule has 2 rings (SSSR count). The summed E-state index contributed by atoms with van der Waals surface area (Å²) in [4.78, 5) is 38.2. The van der Waals surface area contributed by atoms with Crippen LogP contribution in [0.3, 0.4) is 0 Å². The van der Waals surface area contributed by atoms with Gasteiger partial charge in [0.15, 0.2) is 6.61 Å². The van der Waals surface area contributed by atoms with E-state index in [0.717, 1.165) is 12.1 Å². The van der Waals surface area contributed by atoms with Crippen molar-refractivity contribution in [1.82, 2.24) is 5.32 Å². The van der Waals surface area contributed by atoms with Gasteiger partial charge in [-0.1, -0.05) is 32.9 Å². The Hall–Kier alpha value is -2.88. The quantitative estimate of drug-likeness (QED) is 0.726. The highest BCUT2D eigenvalue weighted by atomic mass is 16.5. The molecule has 2 amide bonds. The summed E-state index contributed by atoms with van der Waals surface area (Å²) in [6.45, 7) is 7.07. The van der Waals surface area contributed by atoms with Crippen LogP contribution in [0.4, 0.5) is 5.69 Å². The number of benzene rings is 1. The standard InChI is InChI=1S/C21H27N3O4/c1-5-15-6-8-17(9-7-15)24-11-16(10-19(24)26)20(27)28-12-18(25)23-21(4,13-22)14(2)3/h6-9,14,16H,5,10-12H2,1-4H3,(H,23,25)/t16-,21-/m1/s1. The van der Waals surface area contributed by atoms with Gasteiger partial charge < -0.3 is 15.0 Å². The van der Waals surface area contributed by atoms with Gasteiger partial charge in [-0.2, -0.15) is 5.26 Å². The fraction of sp³-hybridized carbons (Fsp3) is 0.524. The van der Waals surface area contributed by atoms with Gasteiger partial charge in [-0.25, -0.2) is 0 Å². The van der Waals surface area contributed by atoms with E-state index in [2.05, 4.69) is 18.3 Å². The molecule has 1 saturated heterocycles. The number of nitrogens with one attached hydrogen (secondary N) is 1. The summed E-state index contributed by atoms with van der Waals surface area (Å²) in [6, 6.07) is 9.72. The molecule has 1 aromatic carbocycles. The van der Waals surface area contributed by atoms with Crippen LogP contribution in [0.25, 0.3) is 0 Å². The van der Waals surface area contributed by atoms with E-state index in [0.29, 0.717) is 0 Å². The molecular weight excluding hydrogens is 358 g/mol. The molecule has 2 atom stereocenters. The van der Waals surface area contributed by atoms with Gasteiger partial charge in [0, 0.05) is 18.7 Å². The van der Waals surface area contributed by atoms with E-state index < -0.39 is 29.9 Å². The fourth-order valence-electron chi connectivity index (χ4n) is 2.91. The zero-order valence-corrected chi connectivity index (χ0v) is 16.8. The number of nitriles is 1. The molecule has 1 aliphatic heterocycles. The lowest BCUT2D eigenvalue weighted by Gasteiger charge is -2.27. The first-order valence-electron chi connectivity index (χ1n) is 9.48. The molecular formula is C21H27N3O4. The molecule has 7 heteroatoms. The average Bonchev–Trinajstić information content (AvgIpc) is 3.07. The maximum atomic E-state index is 12.3. The molecule has 0 aliphatic carbocycles. The topological polar surface area (TPSA) is 99.5 Å². The fourth-order valence-corrected chi connectivity index (χ4v) is 2.91. The summed E-state index contributed by atoms with van der Waals surface area (Å²) in [7, 11) is 0. The lowest BCUT2D eigenvalue weighted by Crippen LogP contribution is -2.50. The second-order valence-electron chi connectivity index (χ2n) is 7.55. The third-order valence-electron chi connectivity index (χ3n) is 5.25. The first-order valence-corrected chi connectivity index (χ1v) is 9.48. The van der Waals surface area contributed by atoms with Crippen LogP contribution in [0.15, 0.2) is 24.3 Å². The van der Waals surface area contributed by atoms with Crippen LogP contribution < -0.4 is 10.2 Å². The second-order valence-corrected chi connectivity index (χ2v) is 7.55. The molecule has 1 heterocycles. The van der Waals surface area contributed by atoms with Crippen LogP contribution in [0.5, 0.6) is 0 Å². The molecule has 0 spiro atoms. The van der Waals surface area contributed by atoms with Crippen LogP contribution in [-0.4, -0.2) is 36.5 Å². The number of esters is 1. The minimum Gasteiger partial charge on any atom is -0.455 e. The molecule has 0 unspecified atom stereocenters. The number of ether oxygens (including phenoxy) is 1. The number of hydrogen-bond donors (Lipinski definition) is 1. The van der Waals surface area contributed by atoms with Crippen LogP contribution in [-0.2, 0) is 25.5 Å². The highest BCUT2D eigenvalue weighted by Gasteiger charge is 2.37. The van der Waals surface area contributed by atoms with Crippen LogP contribution >= 0.6 is 0 Å². The van der Waals surface area contributed by atoms with E-state index in [1.165, 1.54) is 5.56 Å². The third kappa shape index (κ3) is 4.89. The van der Waals surface area contributed by atoms with Gasteiger partial charge in [0.2, 0.25) is 5.91 Å². The normalized spacial score (nSPS) is 18.5. The number of anilines is 1. The first kappa shape index (κ1) is 21.4. The minimum absolute atomic E-state index is 0.0535. The molecule has 0 saturated carbocycles. The number of carbonyl (C=O) groups excluding carboxylic acids is 3. The summed E-state index contributed by atoms with van der Waals surface area (Å²) in [6.07, 6.45) is 0.963. The van der Waals surface area contributed by atoms with Crippen LogP contribution in [0, 0.1) is 23.2 Å². The number of hydrogen-bond acceptors (Lipinski definition) is 5. The number of amides is 2. The predicted molar refractivity (Wildman–Crippen MR) is 104 cm³/mol. The Morgan fingerprint density at radius 3 is 2.54 bits per heavy atom. The largest absolute Gasteiger partial charge is 0.455 e. The molecule has 1 aliphatic rings. The van der Waals surface area contributed by atoms with Gasteiger partial charge in [0.05, 0.1) is 12.0 Å². The highest BCUT2D eigenvalue weighted by molar-refractivity contribution is 5.99. The maximum absolute atomic E-state index is 12.3. The Kier molecular flexibility index (Phi) is 6.79. The minimum atomic E-state index is -1.03. The van der Waals surface area contributed by atoms with Crippen molar-refractivity contribution in [3.05, 3.63) is 29.8 Å². The van der Waals surface area contributed by atoms with Crippen molar-refractivity contribution >= 4 is 23.5 Å². The van der Waals surface area contributed by atoms with Crippen molar-refractivity contribution in [3.8, 4) is 6.07 Å². The zero-order valence-electron chi connectivity index (χ0n) is 16.8. The van der Waals surface area contributed by atoms with E-state index in [-0.39, 0.29) is 24.8 Å². The van der Waals surface area contributed by atoms with Crippen molar-refractivity contribution in [2.24, 2.45) is 11.8 Å². The number of nitrogens with zero attached hydrogens (tertiary/aromatic N) is 2. The molecule has 1 aromatic rings. The van der Waals surface area contributed by atoms with Crippen molar-refractivity contribution < 1.29 is 19.1 Å². The van der Waals surface area contributed by atoms with Gasteiger partial charge in [0.1, 0.15) is 5.54 Å². The Balaban J connectivity index is 1.90. The van der Waals surface area contributed by atoms with Crippen molar-refractivity contribution in [1.29, 1.82) is 5.26 Å². The average molecular weight is 385 g/mol. The smallest absolute Gasteiger partial charge is 0.311 e. The SMILES string of the molecule is CCc1ccc(N2C[C@H](C(=O)OCC(=O)N[C@](C)(C#N)C(C)C)CC2=O)cc1. The van der Waals surface area contributed by atoms with Crippen molar-refractivity contribution in [2.45, 2.75) is 46.1 Å². The number of rotatable bonds is 7. The zero-order chi connectivity index (χ0) is 20.9. The number of aryl methyl sites for hydroxylation is 1. The monoisotopic (exact) mass is 385 g/mol. The lowest BCUT2D eigenvalue weighted by atomic mass is 9.90. The third-order valence-corrected chi connectivity index (χ3v) is 5.25. The summed E-state index contributed by atoms with van der Waals surface area (Å²) < 4.78 is 5.09. The molecule has 150 valence electrons. The second kappa shape index (κ2) is 8.87.